The molecule has 4 heteroatoms. The Hall–Kier alpha value is -1.81. The molecule has 21 heavy (non-hydrogen) atoms. The molecule has 0 unspecified atom stereocenters. The molecule has 2 rings (SSSR count). The van der Waals surface area contributed by atoms with E-state index < -0.39 is 0 Å². The number of carbonyl (C=O) groups is 1. The molecule has 0 aliphatic rings. The van der Waals surface area contributed by atoms with Crippen molar-refractivity contribution in [3.05, 3.63) is 63.1 Å². The molecule has 0 spiro atoms. The zero-order chi connectivity index (χ0) is 15.4. The first-order chi connectivity index (χ1) is 10.0. The highest BCUT2D eigenvalue weighted by Gasteiger charge is 2.11. The Bertz CT molecular complexity index is 668. The second kappa shape index (κ2) is 6.76. The molecule has 0 fully saturated rings. The van der Waals surface area contributed by atoms with Crippen LogP contribution in [-0.4, -0.2) is 13.1 Å². The summed E-state index contributed by atoms with van der Waals surface area (Å²) < 4.78 is 5.89. The van der Waals surface area contributed by atoms with Gasteiger partial charge < -0.3 is 10.1 Å². The van der Waals surface area contributed by atoms with Gasteiger partial charge in [-0.2, -0.15) is 0 Å². The number of benzene rings is 2. The average Bonchev–Trinajstić information content (AvgIpc) is 2.49. The van der Waals surface area contributed by atoms with Crippen LogP contribution in [0.2, 0.25) is 0 Å². The van der Waals surface area contributed by atoms with Gasteiger partial charge in [0.25, 0.3) is 0 Å². The lowest BCUT2D eigenvalue weighted by Gasteiger charge is -2.13. The van der Waals surface area contributed by atoms with Crippen LogP contribution >= 0.6 is 15.9 Å². The highest BCUT2D eigenvalue weighted by atomic mass is 79.9. The van der Waals surface area contributed by atoms with Gasteiger partial charge in [0.15, 0.2) is 0 Å². The first kappa shape index (κ1) is 15.6. The molecule has 3 nitrogen and oxygen atoms in total. The Balaban J connectivity index is 2.16. The van der Waals surface area contributed by atoms with E-state index in [4.69, 9.17) is 4.74 Å². The predicted molar refractivity (Wildman–Crippen MR) is 88.7 cm³/mol. The number of methoxy groups -OCH3 is 1. The standard InChI is InChI=1S/C17H18BrNO2/c1-11-7-8-13(9-15(11)18)10-19-16-6-4-5-14(12(16)2)17(20)21-3/h4-9,19H,10H2,1-3H3. The summed E-state index contributed by atoms with van der Waals surface area (Å²) in [5, 5.41) is 3.37. The Morgan fingerprint density at radius 1 is 1.24 bits per heavy atom. The van der Waals surface area contributed by atoms with Gasteiger partial charge >= 0.3 is 5.97 Å². The van der Waals surface area contributed by atoms with Gasteiger partial charge in [0, 0.05) is 16.7 Å². The minimum Gasteiger partial charge on any atom is -0.465 e. The van der Waals surface area contributed by atoms with Gasteiger partial charge in [0.2, 0.25) is 0 Å². The number of halogens is 1. The van der Waals surface area contributed by atoms with E-state index in [0.29, 0.717) is 12.1 Å². The van der Waals surface area contributed by atoms with Crippen LogP contribution in [0.5, 0.6) is 0 Å². The Kier molecular flexibility index (Phi) is 5.02. The van der Waals surface area contributed by atoms with Gasteiger partial charge in [0.1, 0.15) is 0 Å². The summed E-state index contributed by atoms with van der Waals surface area (Å²) >= 11 is 3.54. The average molecular weight is 348 g/mol. The largest absolute Gasteiger partial charge is 0.465 e. The van der Waals surface area contributed by atoms with Gasteiger partial charge in [-0.05, 0) is 48.7 Å². The summed E-state index contributed by atoms with van der Waals surface area (Å²) in [5.41, 5.74) is 4.82. The summed E-state index contributed by atoms with van der Waals surface area (Å²) in [7, 11) is 1.39. The second-order valence-electron chi connectivity index (χ2n) is 4.91. The van der Waals surface area contributed by atoms with Crippen molar-refractivity contribution in [2.75, 3.05) is 12.4 Å². The number of carbonyl (C=O) groups excluding carboxylic acids is 1. The lowest BCUT2D eigenvalue weighted by atomic mass is 10.1. The molecular formula is C17H18BrNO2. The maximum atomic E-state index is 11.7. The minimum atomic E-state index is -0.311. The lowest BCUT2D eigenvalue weighted by molar-refractivity contribution is 0.0600. The van der Waals surface area contributed by atoms with E-state index in [9.17, 15) is 4.79 Å². The van der Waals surface area contributed by atoms with E-state index in [1.165, 1.54) is 18.2 Å². The first-order valence-electron chi connectivity index (χ1n) is 6.69. The van der Waals surface area contributed by atoms with Gasteiger partial charge in [0.05, 0.1) is 12.7 Å². The Morgan fingerprint density at radius 3 is 2.67 bits per heavy atom. The van der Waals surface area contributed by atoms with Crippen LogP contribution in [0.4, 0.5) is 5.69 Å². The normalized spacial score (nSPS) is 10.3. The van der Waals surface area contributed by atoms with Gasteiger partial charge in [-0.15, -0.1) is 0 Å². The quantitative estimate of drug-likeness (QED) is 0.829. The first-order valence-corrected chi connectivity index (χ1v) is 7.49. The highest BCUT2D eigenvalue weighted by Crippen LogP contribution is 2.22. The molecule has 0 saturated carbocycles. The number of anilines is 1. The summed E-state index contributed by atoms with van der Waals surface area (Å²) in [6, 6.07) is 11.9. The van der Waals surface area contributed by atoms with Crippen molar-refractivity contribution in [3.63, 3.8) is 0 Å². The zero-order valence-electron chi connectivity index (χ0n) is 12.4. The summed E-state index contributed by atoms with van der Waals surface area (Å²) in [6.45, 7) is 4.68. The second-order valence-corrected chi connectivity index (χ2v) is 5.76. The zero-order valence-corrected chi connectivity index (χ0v) is 14.0. The molecule has 0 aromatic heterocycles. The number of aryl methyl sites for hydroxylation is 1. The summed E-state index contributed by atoms with van der Waals surface area (Å²) in [5.74, 6) is -0.311. The Morgan fingerprint density at radius 2 is 2.00 bits per heavy atom. The van der Waals surface area contributed by atoms with Gasteiger partial charge in [-0.3, -0.25) is 0 Å². The summed E-state index contributed by atoms with van der Waals surface area (Å²) in [6.07, 6.45) is 0. The van der Waals surface area contributed by atoms with Crippen molar-refractivity contribution in [1.29, 1.82) is 0 Å². The molecular weight excluding hydrogens is 330 g/mol. The fourth-order valence-electron chi connectivity index (χ4n) is 2.10. The van der Waals surface area contributed by atoms with E-state index in [-0.39, 0.29) is 5.97 Å². The Labute approximate surface area is 133 Å². The number of ether oxygens (including phenoxy) is 1. The summed E-state index contributed by atoms with van der Waals surface area (Å²) in [4.78, 5) is 11.7. The molecule has 0 aliphatic heterocycles. The maximum absolute atomic E-state index is 11.7. The number of esters is 1. The third-order valence-corrected chi connectivity index (χ3v) is 4.31. The fraction of sp³-hybridized carbons (Fsp3) is 0.235. The van der Waals surface area contributed by atoms with Gasteiger partial charge in [-0.25, -0.2) is 4.79 Å². The van der Waals surface area contributed by atoms with Crippen molar-refractivity contribution in [2.24, 2.45) is 0 Å². The van der Waals surface area contributed by atoms with Crippen LogP contribution in [-0.2, 0) is 11.3 Å². The van der Waals surface area contributed by atoms with E-state index >= 15 is 0 Å². The van der Waals surface area contributed by atoms with Gasteiger partial charge in [-0.1, -0.05) is 34.1 Å². The van der Waals surface area contributed by atoms with Crippen molar-refractivity contribution >= 4 is 27.6 Å². The molecule has 2 aromatic rings. The number of hydrogen-bond acceptors (Lipinski definition) is 3. The molecule has 0 atom stereocenters. The van der Waals surface area contributed by atoms with E-state index in [1.54, 1.807) is 6.07 Å². The van der Waals surface area contributed by atoms with Crippen molar-refractivity contribution in [3.8, 4) is 0 Å². The molecule has 0 saturated heterocycles. The van der Waals surface area contributed by atoms with Crippen LogP contribution in [0.25, 0.3) is 0 Å². The van der Waals surface area contributed by atoms with Crippen LogP contribution < -0.4 is 5.32 Å². The topological polar surface area (TPSA) is 38.3 Å². The molecule has 0 radical (unpaired) electrons. The molecule has 1 N–H and O–H groups in total. The van der Waals surface area contributed by atoms with E-state index in [1.807, 2.05) is 19.1 Å². The molecule has 110 valence electrons. The lowest BCUT2D eigenvalue weighted by Crippen LogP contribution is -2.07. The van der Waals surface area contributed by atoms with Crippen LogP contribution in [0.15, 0.2) is 40.9 Å². The van der Waals surface area contributed by atoms with Crippen LogP contribution in [0.1, 0.15) is 27.0 Å². The minimum absolute atomic E-state index is 0.311. The number of hydrogen-bond donors (Lipinski definition) is 1. The van der Waals surface area contributed by atoms with Crippen LogP contribution in [0.3, 0.4) is 0 Å². The van der Waals surface area contributed by atoms with Crippen LogP contribution in [0, 0.1) is 13.8 Å². The third kappa shape index (κ3) is 3.64. The smallest absolute Gasteiger partial charge is 0.338 e. The maximum Gasteiger partial charge on any atom is 0.338 e. The SMILES string of the molecule is COC(=O)c1cccc(NCc2ccc(C)c(Br)c2)c1C. The molecule has 0 heterocycles. The highest BCUT2D eigenvalue weighted by molar-refractivity contribution is 9.10. The molecule has 0 amide bonds. The number of nitrogens with one attached hydrogen (secondary N) is 1. The third-order valence-electron chi connectivity index (χ3n) is 3.46. The van der Waals surface area contributed by atoms with E-state index in [2.05, 4.69) is 46.4 Å². The van der Waals surface area contributed by atoms with Crippen molar-refractivity contribution in [1.82, 2.24) is 0 Å². The monoisotopic (exact) mass is 347 g/mol. The molecule has 0 aliphatic carbocycles. The van der Waals surface area contributed by atoms with Crippen molar-refractivity contribution < 1.29 is 9.53 Å². The number of rotatable bonds is 4. The molecule has 0 bridgehead atoms. The molecule has 2 aromatic carbocycles. The predicted octanol–water partition coefficient (Wildman–Crippen LogP) is 4.46. The van der Waals surface area contributed by atoms with Crippen molar-refractivity contribution in [2.45, 2.75) is 20.4 Å². The van der Waals surface area contributed by atoms with E-state index in [0.717, 1.165) is 15.7 Å². The fourth-order valence-corrected chi connectivity index (χ4v) is 2.53.